The number of nitrogens with one attached hydrogen (secondary N) is 1. The number of carbonyl (C=O) groups excluding carboxylic acids is 1. The van der Waals surface area contributed by atoms with Crippen LogP contribution in [0.4, 0.5) is 0 Å². The van der Waals surface area contributed by atoms with Crippen LogP contribution >= 0.6 is 0 Å². The van der Waals surface area contributed by atoms with Gasteiger partial charge < -0.3 is 16.2 Å². The minimum Gasteiger partial charge on any atom is -0.478 e. The standard InChI is InChI=1S/C15H22N2O3/c1-14(2,15(3,4)16)13(20)17-9-10-6-5-7-11(8-10)12(18)19/h5-8H,9,16H2,1-4H3,(H,17,20)(H,18,19). The molecule has 1 aromatic carbocycles. The highest BCUT2D eigenvalue weighted by Crippen LogP contribution is 2.28. The Balaban J connectivity index is 2.75. The summed E-state index contributed by atoms with van der Waals surface area (Å²) >= 11 is 0. The number of rotatable bonds is 5. The van der Waals surface area contributed by atoms with Crippen molar-refractivity contribution in [2.45, 2.75) is 39.8 Å². The molecule has 0 spiro atoms. The predicted octanol–water partition coefficient (Wildman–Crippen LogP) is 1.76. The molecule has 0 atom stereocenters. The number of carboxylic acid groups (broad SMARTS) is 1. The van der Waals surface area contributed by atoms with E-state index in [1.807, 2.05) is 0 Å². The molecule has 0 saturated heterocycles. The van der Waals surface area contributed by atoms with Crippen LogP contribution in [0, 0.1) is 5.41 Å². The zero-order chi connectivity index (χ0) is 15.6. The highest BCUT2D eigenvalue weighted by Gasteiger charge is 2.40. The van der Waals surface area contributed by atoms with Crippen LogP contribution < -0.4 is 11.1 Å². The van der Waals surface area contributed by atoms with Crippen LogP contribution in [0.5, 0.6) is 0 Å². The summed E-state index contributed by atoms with van der Waals surface area (Å²) in [6, 6.07) is 6.49. The fourth-order valence-corrected chi connectivity index (χ4v) is 1.51. The number of amides is 1. The highest BCUT2D eigenvalue weighted by molar-refractivity contribution is 5.87. The molecule has 0 aliphatic rings. The molecular formula is C15H22N2O3. The Morgan fingerprint density at radius 1 is 1.25 bits per heavy atom. The minimum absolute atomic E-state index is 0.161. The molecule has 5 heteroatoms. The summed E-state index contributed by atoms with van der Waals surface area (Å²) in [7, 11) is 0. The summed E-state index contributed by atoms with van der Waals surface area (Å²) in [5.41, 5.74) is 5.57. The van der Waals surface area contributed by atoms with Gasteiger partial charge in [0.25, 0.3) is 0 Å². The third kappa shape index (κ3) is 3.57. The van der Waals surface area contributed by atoms with Crippen LogP contribution in [-0.2, 0) is 11.3 Å². The molecule has 0 heterocycles. The lowest BCUT2D eigenvalue weighted by molar-refractivity contribution is -0.132. The zero-order valence-corrected chi connectivity index (χ0v) is 12.4. The SMILES string of the molecule is CC(C)(N)C(C)(C)C(=O)NCc1cccc(C(=O)O)c1. The van der Waals surface area contributed by atoms with Gasteiger partial charge in [-0.2, -0.15) is 0 Å². The Morgan fingerprint density at radius 3 is 2.35 bits per heavy atom. The number of hydrogen-bond donors (Lipinski definition) is 3. The molecule has 0 unspecified atom stereocenters. The number of hydrogen-bond acceptors (Lipinski definition) is 3. The summed E-state index contributed by atoms with van der Waals surface area (Å²) in [4.78, 5) is 23.1. The van der Waals surface area contributed by atoms with Gasteiger partial charge in [-0.1, -0.05) is 12.1 Å². The molecule has 0 fully saturated rings. The molecule has 0 aliphatic heterocycles. The van der Waals surface area contributed by atoms with Gasteiger partial charge in [0.2, 0.25) is 5.91 Å². The normalized spacial score (nSPS) is 12.1. The Hall–Kier alpha value is -1.88. The topological polar surface area (TPSA) is 92.4 Å². The fraction of sp³-hybridized carbons (Fsp3) is 0.467. The van der Waals surface area contributed by atoms with E-state index in [1.165, 1.54) is 6.07 Å². The van der Waals surface area contributed by atoms with Crippen LogP contribution in [0.2, 0.25) is 0 Å². The number of aromatic carboxylic acids is 1. The van der Waals surface area contributed by atoms with E-state index < -0.39 is 16.9 Å². The van der Waals surface area contributed by atoms with Crippen LogP contribution in [0.3, 0.4) is 0 Å². The van der Waals surface area contributed by atoms with E-state index in [0.29, 0.717) is 0 Å². The first-order valence-corrected chi connectivity index (χ1v) is 6.45. The Bertz CT molecular complexity index is 516. The van der Waals surface area contributed by atoms with E-state index in [2.05, 4.69) is 5.32 Å². The summed E-state index contributed by atoms with van der Waals surface area (Å²) < 4.78 is 0. The molecule has 0 bridgehead atoms. The maximum absolute atomic E-state index is 12.2. The fourth-order valence-electron chi connectivity index (χ4n) is 1.51. The second-order valence-corrected chi connectivity index (χ2v) is 6.03. The largest absolute Gasteiger partial charge is 0.478 e. The van der Waals surface area contributed by atoms with E-state index in [1.54, 1.807) is 45.9 Å². The van der Waals surface area contributed by atoms with Gasteiger partial charge in [-0.15, -0.1) is 0 Å². The third-order valence-electron chi connectivity index (χ3n) is 3.81. The Labute approximate surface area is 119 Å². The Morgan fingerprint density at radius 2 is 1.85 bits per heavy atom. The van der Waals surface area contributed by atoms with Gasteiger partial charge in [0.05, 0.1) is 11.0 Å². The number of carboxylic acids is 1. The van der Waals surface area contributed by atoms with Gasteiger partial charge in [-0.05, 0) is 45.4 Å². The zero-order valence-electron chi connectivity index (χ0n) is 12.4. The van der Waals surface area contributed by atoms with Crippen molar-refractivity contribution in [1.29, 1.82) is 0 Å². The van der Waals surface area contributed by atoms with Crippen molar-refractivity contribution >= 4 is 11.9 Å². The average molecular weight is 278 g/mol. The second kappa shape index (κ2) is 5.63. The minimum atomic E-state index is -0.985. The number of benzene rings is 1. The van der Waals surface area contributed by atoms with Crippen molar-refractivity contribution in [3.63, 3.8) is 0 Å². The van der Waals surface area contributed by atoms with Gasteiger partial charge in [0, 0.05) is 12.1 Å². The van der Waals surface area contributed by atoms with Crippen molar-refractivity contribution in [2.24, 2.45) is 11.1 Å². The summed E-state index contributed by atoms with van der Waals surface area (Å²) in [6.45, 7) is 7.46. The summed E-state index contributed by atoms with van der Waals surface area (Å²) in [5, 5.41) is 11.7. The van der Waals surface area contributed by atoms with Gasteiger partial charge in [0.1, 0.15) is 0 Å². The molecule has 5 nitrogen and oxygen atoms in total. The maximum atomic E-state index is 12.2. The maximum Gasteiger partial charge on any atom is 0.335 e. The molecule has 4 N–H and O–H groups in total. The van der Waals surface area contributed by atoms with E-state index in [4.69, 9.17) is 10.8 Å². The lowest BCUT2D eigenvalue weighted by atomic mass is 9.74. The monoisotopic (exact) mass is 278 g/mol. The van der Waals surface area contributed by atoms with E-state index in [-0.39, 0.29) is 18.0 Å². The summed E-state index contributed by atoms with van der Waals surface area (Å²) in [6.07, 6.45) is 0. The smallest absolute Gasteiger partial charge is 0.335 e. The van der Waals surface area contributed by atoms with Crippen LogP contribution in [-0.4, -0.2) is 22.5 Å². The van der Waals surface area contributed by atoms with Gasteiger partial charge >= 0.3 is 5.97 Å². The third-order valence-corrected chi connectivity index (χ3v) is 3.81. The highest BCUT2D eigenvalue weighted by atomic mass is 16.4. The second-order valence-electron chi connectivity index (χ2n) is 6.03. The number of nitrogens with two attached hydrogens (primary N) is 1. The molecular weight excluding hydrogens is 256 g/mol. The first kappa shape index (κ1) is 16.2. The van der Waals surface area contributed by atoms with E-state index in [0.717, 1.165) is 5.56 Å². The molecule has 20 heavy (non-hydrogen) atoms. The van der Waals surface area contributed by atoms with Gasteiger partial charge in [0.15, 0.2) is 0 Å². The predicted molar refractivity (Wildman–Crippen MR) is 77.3 cm³/mol. The van der Waals surface area contributed by atoms with Crippen LogP contribution in [0.15, 0.2) is 24.3 Å². The van der Waals surface area contributed by atoms with Gasteiger partial charge in [-0.25, -0.2) is 4.79 Å². The molecule has 0 aliphatic carbocycles. The van der Waals surface area contributed by atoms with E-state index in [9.17, 15) is 9.59 Å². The van der Waals surface area contributed by atoms with Crippen molar-refractivity contribution in [1.82, 2.24) is 5.32 Å². The molecule has 0 saturated carbocycles. The lowest BCUT2D eigenvalue weighted by Crippen LogP contribution is -2.55. The quantitative estimate of drug-likeness (QED) is 0.765. The first-order valence-electron chi connectivity index (χ1n) is 6.45. The first-order chi connectivity index (χ1) is 9.05. The lowest BCUT2D eigenvalue weighted by Gasteiger charge is -2.36. The van der Waals surface area contributed by atoms with Crippen LogP contribution in [0.1, 0.15) is 43.6 Å². The van der Waals surface area contributed by atoms with E-state index >= 15 is 0 Å². The number of carbonyl (C=O) groups is 2. The van der Waals surface area contributed by atoms with Crippen molar-refractivity contribution < 1.29 is 14.7 Å². The van der Waals surface area contributed by atoms with Crippen LogP contribution in [0.25, 0.3) is 0 Å². The Kier molecular flexibility index (Phi) is 4.55. The van der Waals surface area contributed by atoms with Crippen molar-refractivity contribution in [3.05, 3.63) is 35.4 Å². The molecule has 0 radical (unpaired) electrons. The molecule has 110 valence electrons. The van der Waals surface area contributed by atoms with Gasteiger partial charge in [-0.3, -0.25) is 4.79 Å². The van der Waals surface area contributed by atoms with Crippen molar-refractivity contribution in [2.75, 3.05) is 0 Å². The van der Waals surface area contributed by atoms with Crippen molar-refractivity contribution in [3.8, 4) is 0 Å². The molecule has 1 amide bonds. The summed E-state index contributed by atoms with van der Waals surface area (Å²) in [5.74, 6) is -1.15. The molecule has 1 rings (SSSR count). The average Bonchev–Trinajstić information content (AvgIpc) is 2.34. The molecule has 0 aromatic heterocycles. The molecule has 1 aromatic rings.